The van der Waals surface area contributed by atoms with Crippen molar-refractivity contribution in [1.29, 1.82) is 0 Å². The average molecular weight is 226 g/mol. The minimum Gasteiger partial charge on any atom is -0.273 e. The molecule has 80 valence electrons. The molecule has 2 heterocycles. The highest BCUT2D eigenvalue weighted by molar-refractivity contribution is 6.16. The van der Waals surface area contributed by atoms with Gasteiger partial charge in [0.1, 0.15) is 5.69 Å². The summed E-state index contributed by atoms with van der Waals surface area (Å²) in [4.78, 5) is 0. The number of hydrogen-bond acceptors (Lipinski definition) is 3. The van der Waals surface area contributed by atoms with Crippen LogP contribution < -0.4 is 0 Å². The van der Waals surface area contributed by atoms with Gasteiger partial charge < -0.3 is 0 Å². The van der Waals surface area contributed by atoms with Crippen molar-refractivity contribution in [3.8, 4) is 5.69 Å². The van der Waals surface area contributed by atoms with E-state index in [1.54, 1.807) is 15.6 Å². The van der Waals surface area contributed by atoms with Gasteiger partial charge in [0, 0.05) is 7.05 Å². The number of halogens is 1. The Balaban J connectivity index is 2.52. The van der Waals surface area contributed by atoms with Gasteiger partial charge in [-0.15, -0.1) is 16.7 Å². The fourth-order valence-corrected chi connectivity index (χ4v) is 1.68. The monoisotopic (exact) mass is 225 g/mol. The summed E-state index contributed by atoms with van der Waals surface area (Å²) in [6.45, 7) is 2.06. The van der Waals surface area contributed by atoms with Gasteiger partial charge in [0.2, 0.25) is 0 Å². The number of nitrogens with zero attached hydrogens (tertiary/aromatic N) is 5. The van der Waals surface area contributed by atoms with Gasteiger partial charge in [-0.05, 0) is 6.42 Å². The summed E-state index contributed by atoms with van der Waals surface area (Å²) < 4.78 is 3.51. The predicted octanol–water partition coefficient (Wildman–Crippen LogP) is 1.30. The van der Waals surface area contributed by atoms with Crippen molar-refractivity contribution in [3.05, 3.63) is 23.8 Å². The lowest BCUT2D eigenvalue weighted by molar-refractivity contribution is 0.746. The minimum absolute atomic E-state index is 0.394. The first kappa shape index (κ1) is 10.2. The van der Waals surface area contributed by atoms with E-state index in [-0.39, 0.29) is 0 Å². The molecular formula is C9H12ClN5. The van der Waals surface area contributed by atoms with Crippen LogP contribution in [0.3, 0.4) is 0 Å². The Morgan fingerprint density at radius 3 is 2.93 bits per heavy atom. The number of rotatable bonds is 3. The normalized spacial score (nSPS) is 10.9. The van der Waals surface area contributed by atoms with E-state index in [2.05, 4.69) is 22.3 Å². The molecule has 2 rings (SSSR count). The van der Waals surface area contributed by atoms with Gasteiger partial charge in [0.05, 0.1) is 29.7 Å². The minimum atomic E-state index is 0.394. The first-order valence-corrected chi connectivity index (χ1v) is 5.28. The van der Waals surface area contributed by atoms with Crippen molar-refractivity contribution in [2.75, 3.05) is 0 Å². The van der Waals surface area contributed by atoms with Crippen LogP contribution in [0.5, 0.6) is 0 Å². The Labute approximate surface area is 92.7 Å². The zero-order valence-electron chi connectivity index (χ0n) is 8.68. The maximum Gasteiger partial charge on any atom is 0.108 e. The third-order valence-corrected chi connectivity index (χ3v) is 2.48. The van der Waals surface area contributed by atoms with E-state index in [0.717, 1.165) is 23.5 Å². The second-order valence-electron chi connectivity index (χ2n) is 3.26. The highest BCUT2D eigenvalue weighted by Gasteiger charge is 2.12. The van der Waals surface area contributed by atoms with Gasteiger partial charge in [-0.2, -0.15) is 5.10 Å². The Hall–Kier alpha value is -1.36. The number of aryl methyl sites for hydroxylation is 2. The highest BCUT2D eigenvalue weighted by atomic mass is 35.5. The van der Waals surface area contributed by atoms with Crippen molar-refractivity contribution in [2.45, 2.75) is 19.2 Å². The lowest BCUT2D eigenvalue weighted by atomic mass is 10.3. The zero-order chi connectivity index (χ0) is 10.8. The summed E-state index contributed by atoms with van der Waals surface area (Å²) in [5, 5.41) is 12.2. The second kappa shape index (κ2) is 4.02. The molecular weight excluding hydrogens is 214 g/mol. The quantitative estimate of drug-likeness (QED) is 0.740. The van der Waals surface area contributed by atoms with Gasteiger partial charge in [-0.25, -0.2) is 4.68 Å². The summed E-state index contributed by atoms with van der Waals surface area (Å²) in [6.07, 6.45) is 4.45. The molecule has 0 saturated carbocycles. The molecule has 0 unspecified atom stereocenters. The molecule has 0 bridgehead atoms. The molecule has 0 radical (unpaired) electrons. The molecule has 2 aromatic rings. The Morgan fingerprint density at radius 2 is 2.27 bits per heavy atom. The lowest BCUT2D eigenvalue weighted by Gasteiger charge is -2.01. The van der Waals surface area contributed by atoms with Crippen LogP contribution in [-0.2, 0) is 19.3 Å². The van der Waals surface area contributed by atoms with Gasteiger partial charge >= 0.3 is 0 Å². The van der Waals surface area contributed by atoms with Crippen LogP contribution in [0.2, 0.25) is 0 Å². The Bertz CT molecular complexity index is 459. The summed E-state index contributed by atoms with van der Waals surface area (Å²) in [7, 11) is 1.89. The van der Waals surface area contributed by atoms with Crippen LogP contribution >= 0.6 is 11.6 Å². The molecule has 0 aliphatic heterocycles. The Morgan fingerprint density at radius 1 is 1.47 bits per heavy atom. The van der Waals surface area contributed by atoms with Gasteiger partial charge in [-0.3, -0.25) is 4.68 Å². The molecule has 15 heavy (non-hydrogen) atoms. The van der Waals surface area contributed by atoms with Crippen LogP contribution in [0, 0.1) is 0 Å². The summed E-state index contributed by atoms with van der Waals surface area (Å²) in [5.74, 6) is 0.394. The van der Waals surface area contributed by atoms with Crippen molar-refractivity contribution < 1.29 is 0 Å². The SMILES string of the molecule is CCc1nn(C)cc1-n1nncc1CCl. The molecule has 0 atom stereocenters. The van der Waals surface area contributed by atoms with Gasteiger partial charge in [-0.1, -0.05) is 12.1 Å². The van der Waals surface area contributed by atoms with E-state index in [4.69, 9.17) is 11.6 Å². The lowest BCUT2D eigenvalue weighted by Crippen LogP contribution is -2.02. The van der Waals surface area contributed by atoms with Crippen LogP contribution in [-0.4, -0.2) is 24.8 Å². The molecule has 0 spiro atoms. The van der Waals surface area contributed by atoms with Crippen molar-refractivity contribution in [3.63, 3.8) is 0 Å². The largest absolute Gasteiger partial charge is 0.273 e. The first-order valence-electron chi connectivity index (χ1n) is 4.74. The third kappa shape index (κ3) is 1.74. The molecule has 5 nitrogen and oxygen atoms in total. The van der Waals surface area contributed by atoms with E-state index < -0.39 is 0 Å². The van der Waals surface area contributed by atoms with E-state index >= 15 is 0 Å². The summed E-state index contributed by atoms with van der Waals surface area (Å²) in [5.41, 5.74) is 2.82. The summed E-state index contributed by atoms with van der Waals surface area (Å²) in [6, 6.07) is 0. The zero-order valence-corrected chi connectivity index (χ0v) is 9.44. The third-order valence-electron chi connectivity index (χ3n) is 2.20. The molecule has 0 aliphatic carbocycles. The van der Waals surface area contributed by atoms with Crippen LogP contribution in [0.1, 0.15) is 18.3 Å². The first-order chi connectivity index (χ1) is 7.26. The molecule has 0 amide bonds. The van der Waals surface area contributed by atoms with E-state index in [1.165, 1.54) is 0 Å². The molecule has 0 saturated heterocycles. The van der Waals surface area contributed by atoms with Crippen molar-refractivity contribution in [1.82, 2.24) is 24.8 Å². The molecule has 0 fully saturated rings. The van der Waals surface area contributed by atoms with Crippen molar-refractivity contribution >= 4 is 11.6 Å². The standard InChI is InChI=1S/C9H12ClN5/c1-3-8-9(6-14(2)12-8)15-7(4-10)5-11-13-15/h5-6H,3-4H2,1-2H3. The summed E-state index contributed by atoms with van der Waals surface area (Å²) >= 11 is 5.80. The van der Waals surface area contributed by atoms with Crippen LogP contribution in [0.25, 0.3) is 5.69 Å². The topological polar surface area (TPSA) is 48.5 Å². The molecule has 2 aromatic heterocycles. The van der Waals surface area contributed by atoms with E-state index in [0.29, 0.717) is 5.88 Å². The van der Waals surface area contributed by atoms with Gasteiger partial charge in [0.15, 0.2) is 0 Å². The van der Waals surface area contributed by atoms with Gasteiger partial charge in [0.25, 0.3) is 0 Å². The molecule has 6 heteroatoms. The fraction of sp³-hybridized carbons (Fsp3) is 0.444. The van der Waals surface area contributed by atoms with E-state index in [9.17, 15) is 0 Å². The van der Waals surface area contributed by atoms with Crippen LogP contribution in [0.4, 0.5) is 0 Å². The average Bonchev–Trinajstić information content (AvgIpc) is 2.82. The number of alkyl halides is 1. The maximum atomic E-state index is 5.80. The smallest absolute Gasteiger partial charge is 0.108 e. The number of aromatic nitrogens is 5. The number of hydrogen-bond donors (Lipinski definition) is 0. The maximum absolute atomic E-state index is 5.80. The highest BCUT2D eigenvalue weighted by Crippen LogP contribution is 2.15. The second-order valence-corrected chi connectivity index (χ2v) is 3.53. The Kier molecular flexibility index (Phi) is 2.73. The van der Waals surface area contributed by atoms with Crippen LogP contribution in [0.15, 0.2) is 12.4 Å². The van der Waals surface area contributed by atoms with E-state index in [1.807, 2.05) is 13.2 Å². The fourth-order valence-electron chi connectivity index (χ4n) is 1.50. The molecule has 0 N–H and O–H groups in total. The van der Waals surface area contributed by atoms with Crippen molar-refractivity contribution in [2.24, 2.45) is 7.05 Å². The molecule has 0 aliphatic rings. The molecule has 0 aromatic carbocycles. The predicted molar refractivity (Wildman–Crippen MR) is 57.1 cm³/mol.